The molecule has 0 bridgehead atoms. The van der Waals surface area contributed by atoms with Gasteiger partial charge in [0.2, 0.25) is 5.91 Å². The Kier molecular flexibility index (Phi) is 9.84. The van der Waals surface area contributed by atoms with Gasteiger partial charge in [0.15, 0.2) is 0 Å². The highest BCUT2D eigenvalue weighted by atomic mass is 16.3. The Morgan fingerprint density at radius 2 is 1.73 bits per heavy atom. The Morgan fingerprint density at radius 3 is 2.27 bits per heavy atom. The minimum Gasteiger partial charge on any atom is -0.391 e. The summed E-state index contributed by atoms with van der Waals surface area (Å²) < 4.78 is 0. The van der Waals surface area contributed by atoms with E-state index in [0.717, 1.165) is 12.0 Å². The second-order valence-corrected chi connectivity index (χ2v) is 7.87. The van der Waals surface area contributed by atoms with Crippen molar-refractivity contribution in [1.82, 2.24) is 5.32 Å². The molecule has 5 nitrogen and oxygen atoms in total. The summed E-state index contributed by atoms with van der Waals surface area (Å²) in [6, 6.07) is 9.07. The van der Waals surface area contributed by atoms with Crippen LogP contribution in [0.1, 0.15) is 52.5 Å². The van der Waals surface area contributed by atoms with Crippen molar-refractivity contribution >= 4 is 5.91 Å². The number of carbonyl (C=O) groups excluding carboxylic acids is 1. The molecular formula is C21H37N3O2. The van der Waals surface area contributed by atoms with E-state index in [1.54, 1.807) is 0 Å². The molecule has 1 aromatic rings. The molecule has 6 N–H and O–H groups in total. The van der Waals surface area contributed by atoms with E-state index in [4.69, 9.17) is 11.5 Å². The van der Waals surface area contributed by atoms with Crippen molar-refractivity contribution in [3.05, 3.63) is 35.9 Å². The maximum atomic E-state index is 12.7. The van der Waals surface area contributed by atoms with Crippen LogP contribution in [0.5, 0.6) is 0 Å². The maximum Gasteiger partial charge on any atom is 0.224 e. The summed E-state index contributed by atoms with van der Waals surface area (Å²) in [6.45, 7) is 8.71. The lowest BCUT2D eigenvalue weighted by Crippen LogP contribution is -2.48. The van der Waals surface area contributed by atoms with Gasteiger partial charge in [-0.1, -0.05) is 64.4 Å². The van der Waals surface area contributed by atoms with Gasteiger partial charge < -0.3 is 21.9 Å². The first-order chi connectivity index (χ1) is 12.3. The van der Waals surface area contributed by atoms with Crippen molar-refractivity contribution < 1.29 is 9.90 Å². The van der Waals surface area contributed by atoms with E-state index >= 15 is 0 Å². The lowest BCUT2D eigenvalue weighted by molar-refractivity contribution is -0.126. The van der Waals surface area contributed by atoms with Crippen LogP contribution >= 0.6 is 0 Å². The summed E-state index contributed by atoms with van der Waals surface area (Å²) in [6.07, 6.45) is 1.23. The first-order valence-electron chi connectivity index (χ1n) is 9.77. The van der Waals surface area contributed by atoms with Crippen molar-refractivity contribution in [2.24, 2.45) is 29.2 Å². The largest absolute Gasteiger partial charge is 0.391 e. The van der Waals surface area contributed by atoms with Crippen molar-refractivity contribution in [3.8, 4) is 0 Å². The van der Waals surface area contributed by atoms with Gasteiger partial charge in [0.05, 0.1) is 12.0 Å². The van der Waals surface area contributed by atoms with Crippen LogP contribution in [0, 0.1) is 17.8 Å². The van der Waals surface area contributed by atoms with Crippen molar-refractivity contribution in [2.45, 2.75) is 71.7 Å². The van der Waals surface area contributed by atoms with Crippen LogP contribution in [0.15, 0.2) is 30.3 Å². The molecule has 1 rings (SSSR count). The highest BCUT2D eigenvalue weighted by Crippen LogP contribution is 2.21. The molecule has 0 heterocycles. The van der Waals surface area contributed by atoms with Crippen LogP contribution in [-0.4, -0.2) is 29.2 Å². The average molecular weight is 364 g/mol. The highest BCUT2D eigenvalue weighted by molar-refractivity contribution is 5.79. The number of hydrogen-bond donors (Lipinski definition) is 4. The minimum atomic E-state index is -0.698. The number of carbonyl (C=O) groups is 1. The van der Waals surface area contributed by atoms with Crippen LogP contribution in [-0.2, 0) is 11.3 Å². The molecule has 0 saturated carbocycles. The first kappa shape index (κ1) is 22.6. The zero-order valence-corrected chi connectivity index (χ0v) is 16.7. The zero-order valence-electron chi connectivity index (χ0n) is 16.7. The van der Waals surface area contributed by atoms with Gasteiger partial charge in [0, 0.05) is 18.6 Å². The van der Waals surface area contributed by atoms with Crippen molar-refractivity contribution in [1.29, 1.82) is 0 Å². The molecule has 26 heavy (non-hydrogen) atoms. The summed E-state index contributed by atoms with van der Waals surface area (Å²) in [7, 11) is 0. The molecular weight excluding hydrogens is 326 g/mol. The van der Waals surface area contributed by atoms with Gasteiger partial charge in [0.25, 0.3) is 0 Å². The number of hydrogen-bond acceptors (Lipinski definition) is 4. The Morgan fingerprint density at radius 1 is 1.12 bits per heavy atom. The predicted molar refractivity (Wildman–Crippen MR) is 107 cm³/mol. The van der Waals surface area contributed by atoms with E-state index in [1.165, 1.54) is 0 Å². The second kappa shape index (κ2) is 11.3. The number of benzene rings is 1. The summed E-state index contributed by atoms with van der Waals surface area (Å²) in [5.74, 6) is 0.165. The van der Waals surface area contributed by atoms with Gasteiger partial charge in [-0.3, -0.25) is 4.79 Å². The molecule has 0 spiro atoms. The lowest BCUT2D eigenvalue weighted by atomic mass is 9.84. The van der Waals surface area contributed by atoms with E-state index < -0.39 is 12.1 Å². The van der Waals surface area contributed by atoms with Crippen molar-refractivity contribution in [2.75, 3.05) is 0 Å². The van der Waals surface area contributed by atoms with Crippen molar-refractivity contribution in [3.63, 3.8) is 0 Å². The lowest BCUT2D eigenvalue weighted by Gasteiger charge is -2.30. The van der Waals surface area contributed by atoms with Crippen LogP contribution in [0.25, 0.3) is 0 Å². The third-order valence-corrected chi connectivity index (χ3v) is 5.15. The maximum absolute atomic E-state index is 12.7. The number of rotatable bonds is 11. The fourth-order valence-electron chi connectivity index (χ4n) is 3.15. The highest BCUT2D eigenvalue weighted by Gasteiger charge is 2.30. The number of nitrogens with one attached hydrogen (secondary N) is 1. The number of aliphatic hydroxyl groups excluding tert-OH is 1. The molecule has 148 valence electrons. The summed E-state index contributed by atoms with van der Waals surface area (Å²) in [4.78, 5) is 12.7. The minimum absolute atomic E-state index is 0.0561. The Balaban J connectivity index is 2.69. The summed E-state index contributed by atoms with van der Waals surface area (Å²) in [5, 5.41) is 13.4. The Labute approximate surface area is 158 Å². The van der Waals surface area contributed by atoms with Gasteiger partial charge in [-0.05, 0) is 30.2 Å². The molecule has 4 unspecified atom stereocenters. The molecule has 0 aromatic heterocycles. The number of nitrogens with two attached hydrogens (primary N) is 2. The van der Waals surface area contributed by atoms with E-state index in [2.05, 4.69) is 26.1 Å². The summed E-state index contributed by atoms with van der Waals surface area (Å²) in [5.41, 5.74) is 13.5. The Bertz CT molecular complexity index is 521. The van der Waals surface area contributed by atoms with E-state index in [0.29, 0.717) is 25.3 Å². The summed E-state index contributed by atoms with van der Waals surface area (Å²) >= 11 is 0. The SMILES string of the molecule is CCC(C)C(N)C(O)CC(N)[C@H](CC(C)C)C(=O)NCc1ccccc1. The standard InChI is InChI=1S/C21H37N3O2/c1-5-15(4)20(23)19(25)12-18(22)17(11-14(2)3)21(26)24-13-16-9-7-6-8-10-16/h6-10,14-15,17-20,25H,5,11-13,22-23H2,1-4H3,(H,24,26)/t15?,17-,18?,19?,20?/m0/s1. The topological polar surface area (TPSA) is 101 Å². The fraction of sp³-hybridized carbons (Fsp3) is 0.667. The van der Waals surface area contributed by atoms with Crippen LogP contribution in [0.4, 0.5) is 0 Å². The quantitative estimate of drug-likeness (QED) is 0.485. The van der Waals surface area contributed by atoms with Gasteiger partial charge in [-0.15, -0.1) is 0 Å². The molecule has 0 aliphatic heterocycles. The third kappa shape index (κ3) is 7.44. The fourth-order valence-corrected chi connectivity index (χ4v) is 3.15. The van der Waals surface area contributed by atoms with E-state index in [-0.39, 0.29) is 23.8 Å². The molecule has 0 aliphatic rings. The second-order valence-electron chi connectivity index (χ2n) is 7.87. The third-order valence-electron chi connectivity index (χ3n) is 5.15. The predicted octanol–water partition coefficient (Wildman–Crippen LogP) is 2.42. The molecule has 1 aromatic carbocycles. The van der Waals surface area contributed by atoms with Crippen LogP contribution in [0.2, 0.25) is 0 Å². The molecule has 0 radical (unpaired) electrons. The molecule has 0 fully saturated rings. The Hall–Kier alpha value is -1.43. The van der Waals surface area contributed by atoms with Gasteiger partial charge in [-0.25, -0.2) is 0 Å². The van der Waals surface area contributed by atoms with E-state index in [1.807, 2.05) is 37.3 Å². The monoisotopic (exact) mass is 363 g/mol. The van der Waals surface area contributed by atoms with E-state index in [9.17, 15) is 9.90 Å². The molecule has 5 atom stereocenters. The van der Waals surface area contributed by atoms with Gasteiger partial charge in [0.1, 0.15) is 0 Å². The van der Waals surface area contributed by atoms with Crippen LogP contribution in [0.3, 0.4) is 0 Å². The smallest absolute Gasteiger partial charge is 0.224 e. The number of aliphatic hydroxyl groups is 1. The molecule has 0 saturated heterocycles. The average Bonchev–Trinajstić information content (AvgIpc) is 2.63. The zero-order chi connectivity index (χ0) is 19.7. The normalized spacial score (nSPS) is 17.4. The number of amides is 1. The van der Waals surface area contributed by atoms with Gasteiger partial charge in [-0.2, -0.15) is 0 Å². The molecule has 0 aliphatic carbocycles. The molecule has 1 amide bonds. The van der Waals surface area contributed by atoms with Gasteiger partial charge >= 0.3 is 0 Å². The van der Waals surface area contributed by atoms with Crippen LogP contribution < -0.4 is 16.8 Å². The molecule has 5 heteroatoms. The first-order valence-corrected chi connectivity index (χ1v) is 9.77.